The van der Waals surface area contributed by atoms with E-state index in [-0.39, 0.29) is 17.9 Å². The van der Waals surface area contributed by atoms with Crippen LogP contribution in [-0.2, 0) is 0 Å². The fraction of sp³-hybridized carbons (Fsp3) is 0.222. The van der Waals surface area contributed by atoms with E-state index in [1.54, 1.807) is 22.7 Å². The molecule has 1 atom stereocenters. The van der Waals surface area contributed by atoms with Crippen LogP contribution < -0.4 is 5.01 Å². The Morgan fingerprint density at radius 3 is 2.59 bits per heavy atom. The van der Waals surface area contributed by atoms with Crippen LogP contribution in [0.5, 0.6) is 0 Å². The fourth-order valence-electron chi connectivity index (χ4n) is 4.90. The van der Waals surface area contributed by atoms with E-state index in [0.717, 1.165) is 41.4 Å². The molecule has 0 fully saturated rings. The first-order valence-corrected chi connectivity index (χ1v) is 13.3. The number of amides is 2. The smallest absolute Gasteiger partial charge is 0.261 e. The third-order valence-electron chi connectivity index (χ3n) is 6.59. The molecule has 1 unspecified atom stereocenters. The van der Waals surface area contributed by atoms with Gasteiger partial charge in [0.05, 0.1) is 22.3 Å². The Morgan fingerprint density at radius 2 is 1.85 bits per heavy atom. The van der Waals surface area contributed by atoms with Gasteiger partial charge in [0.25, 0.3) is 11.8 Å². The lowest BCUT2D eigenvalue weighted by molar-refractivity contribution is 0.0608. The number of hydrazone groups is 1. The van der Waals surface area contributed by atoms with Gasteiger partial charge >= 0.3 is 0 Å². The van der Waals surface area contributed by atoms with Gasteiger partial charge in [0.15, 0.2) is 0 Å². The van der Waals surface area contributed by atoms with Gasteiger partial charge in [0.2, 0.25) is 0 Å². The van der Waals surface area contributed by atoms with E-state index < -0.39 is 0 Å². The molecule has 7 heteroatoms. The molecule has 34 heavy (non-hydrogen) atoms. The molecule has 6 rings (SSSR count). The molecule has 0 spiro atoms. The second-order valence-corrected chi connectivity index (χ2v) is 10.3. The quantitative estimate of drug-likeness (QED) is 0.285. The van der Waals surface area contributed by atoms with Crippen LogP contribution >= 0.6 is 22.7 Å². The number of carbonyl (C=O) groups is 2. The molecule has 0 radical (unpaired) electrons. The van der Waals surface area contributed by atoms with Gasteiger partial charge in [-0.2, -0.15) is 16.4 Å². The van der Waals surface area contributed by atoms with Crippen LogP contribution in [0, 0.1) is 0 Å². The number of hydrogen-bond donors (Lipinski definition) is 0. The van der Waals surface area contributed by atoms with Crippen molar-refractivity contribution in [2.75, 3.05) is 11.6 Å². The molecule has 2 amide bonds. The van der Waals surface area contributed by atoms with Gasteiger partial charge in [0.1, 0.15) is 0 Å². The Bertz CT molecular complexity index is 1400. The van der Waals surface area contributed by atoms with Crippen molar-refractivity contribution in [2.24, 2.45) is 5.10 Å². The predicted octanol–water partition coefficient (Wildman–Crippen LogP) is 6.71. The van der Waals surface area contributed by atoms with E-state index in [1.165, 1.54) is 15.3 Å². The van der Waals surface area contributed by atoms with Gasteiger partial charge in [-0.25, -0.2) is 0 Å². The van der Waals surface area contributed by atoms with E-state index in [2.05, 4.69) is 46.3 Å². The summed E-state index contributed by atoms with van der Waals surface area (Å²) in [6.07, 6.45) is 2.54. The highest BCUT2D eigenvalue weighted by Gasteiger charge is 2.36. The van der Waals surface area contributed by atoms with E-state index in [1.807, 2.05) is 30.3 Å². The largest absolute Gasteiger partial charge is 0.274 e. The molecule has 0 bridgehead atoms. The van der Waals surface area contributed by atoms with Crippen molar-refractivity contribution >= 4 is 56.7 Å². The Morgan fingerprint density at radius 1 is 1.00 bits per heavy atom. The van der Waals surface area contributed by atoms with Gasteiger partial charge in [-0.05, 0) is 58.5 Å². The van der Waals surface area contributed by atoms with E-state index in [4.69, 9.17) is 5.10 Å². The number of nitrogens with zero attached hydrogens (tertiary/aromatic N) is 3. The molecule has 2 aliphatic rings. The van der Waals surface area contributed by atoms with Gasteiger partial charge in [-0.1, -0.05) is 31.5 Å². The molecular weight excluding hydrogens is 462 g/mol. The van der Waals surface area contributed by atoms with Crippen LogP contribution in [0.1, 0.15) is 63.4 Å². The highest BCUT2D eigenvalue weighted by Crippen LogP contribution is 2.43. The average Bonchev–Trinajstić information content (AvgIpc) is 3.63. The molecule has 0 saturated heterocycles. The summed E-state index contributed by atoms with van der Waals surface area (Å²) in [7, 11) is 0. The maximum Gasteiger partial charge on any atom is 0.261 e. The minimum atomic E-state index is -0.202. The third-order valence-corrected chi connectivity index (χ3v) is 8.22. The summed E-state index contributed by atoms with van der Waals surface area (Å²) in [6, 6.07) is 16.0. The number of unbranched alkanes of at least 4 members (excludes halogenated alkanes) is 1. The summed E-state index contributed by atoms with van der Waals surface area (Å²) in [5.41, 5.74) is 4.40. The summed E-state index contributed by atoms with van der Waals surface area (Å²) in [5.74, 6) is -0.403. The van der Waals surface area contributed by atoms with Crippen molar-refractivity contribution in [1.82, 2.24) is 4.90 Å². The predicted molar refractivity (Wildman–Crippen MR) is 139 cm³/mol. The van der Waals surface area contributed by atoms with Crippen molar-refractivity contribution in [3.63, 3.8) is 0 Å². The first kappa shape index (κ1) is 21.3. The first-order valence-electron chi connectivity index (χ1n) is 11.5. The summed E-state index contributed by atoms with van der Waals surface area (Å²) in [5, 5.41) is 15.1. The normalized spacial score (nSPS) is 17.7. The molecule has 0 saturated carbocycles. The maximum atomic E-state index is 13.3. The number of anilines is 1. The topological polar surface area (TPSA) is 53.0 Å². The number of imide groups is 1. The number of rotatable bonds is 6. The Labute approximate surface area is 205 Å². The highest BCUT2D eigenvalue weighted by atomic mass is 32.1. The van der Waals surface area contributed by atoms with Crippen molar-refractivity contribution in [2.45, 2.75) is 32.2 Å². The van der Waals surface area contributed by atoms with Crippen LogP contribution in [0.15, 0.2) is 69.8 Å². The van der Waals surface area contributed by atoms with Gasteiger partial charge in [-0.3, -0.25) is 19.5 Å². The number of hydrogen-bond acceptors (Lipinski definition) is 6. The standard InChI is InChI=1S/C27H23N3O2S2/c1-2-3-12-29-26(31)19-7-4-6-18-22(10-9-20(25(18)19)27(29)32)30-23(17-11-14-33-16-17)15-21(28-30)24-8-5-13-34-24/h4-11,13-14,16,23H,2-3,12,15H2,1H3. The summed E-state index contributed by atoms with van der Waals surface area (Å²) < 4.78 is 0. The Kier molecular flexibility index (Phi) is 5.31. The van der Waals surface area contributed by atoms with E-state index in [0.29, 0.717) is 17.7 Å². The summed E-state index contributed by atoms with van der Waals surface area (Å²) in [6.45, 7) is 2.51. The highest BCUT2D eigenvalue weighted by molar-refractivity contribution is 7.12. The summed E-state index contributed by atoms with van der Waals surface area (Å²) >= 11 is 3.38. The maximum absolute atomic E-state index is 13.3. The van der Waals surface area contributed by atoms with Crippen molar-refractivity contribution in [3.8, 4) is 0 Å². The van der Waals surface area contributed by atoms with E-state index in [9.17, 15) is 9.59 Å². The van der Waals surface area contributed by atoms with Gasteiger partial charge in [0, 0.05) is 34.9 Å². The molecule has 5 nitrogen and oxygen atoms in total. The Hall–Kier alpha value is -3.29. The lowest BCUT2D eigenvalue weighted by Crippen LogP contribution is -2.40. The zero-order valence-corrected chi connectivity index (χ0v) is 20.4. The van der Waals surface area contributed by atoms with Crippen LogP contribution in [0.25, 0.3) is 10.8 Å². The zero-order valence-electron chi connectivity index (χ0n) is 18.7. The lowest BCUT2D eigenvalue weighted by atomic mass is 9.92. The number of thiophene rings is 2. The molecule has 4 heterocycles. The first-order chi connectivity index (χ1) is 16.7. The van der Waals surface area contributed by atoms with E-state index >= 15 is 0 Å². The number of benzene rings is 2. The second-order valence-electron chi connectivity index (χ2n) is 8.62. The van der Waals surface area contributed by atoms with Crippen LogP contribution in [0.3, 0.4) is 0 Å². The molecule has 170 valence electrons. The number of carbonyl (C=O) groups excluding carboxylic acids is 2. The molecule has 4 aromatic rings. The molecule has 2 aromatic heterocycles. The Balaban J connectivity index is 1.50. The fourth-order valence-corrected chi connectivity index (χ4v) is 6.33. The molecule has 2 aromatic carbocycles. The minimum absolute atomic E-state index is 0.0662. The second kappa shape index (κ2) is 8.49. The molecule has 0 N–H and O–H groups in total. The average molecular weight is 486 g/mol. The van der Waals surface area contributed by atoms with Crippen LogP contribution in [-0.4, -0.2) is 29.0 Å². The van der Waals surface area contributed by atoms with Crippen molar-refractivity contribution in [1.29, 1.82) is 0 Å². The molecule has 0 aliphatic carbocycles. The third kappa shape index (κ3) is 3.30. The van der Waals surface area contributed by atoms with Gasteiger partial charge < -0.3 is 0 Å². The van der Waals surface area contributed by atoms with Gasteiger partial charge in [-0.15, -0.1) is 11.3 Å². The molecular formula is C27H23N3O2S2. The lowest BCUT2D eigenvalue weighted by Gasteiger charge is -2.30. The zero-order chi connectivity index (χ0) is 23.2. The SMILES string of the molecule is CCCCN1C(=O)c2cccc3c(N4N=C(c5cccs5)CC4c4ccsc4)ccc(c23)C1=O. The minimum Gasteiger partial charge on any atom is -0.274 e. The van der Waals surface area contributed by atoms with Crippen LogP contribution in [0.4, 0.5) is 5.69 Å². The summed E-state index contributed by atoms with van der Waals surface area (Å²) in [4.78, 5) is 29.1. The monoisotopic (exact) mass is 485 g/mol. The van der Waals surface area contributed by atoms with Crippen molar-refractivity contribution in [3.05, 3.63) is 86.2 Å². The van der Waals surface area contributed by atoms with Crippen LogP contribution in [0.2, 0.25) is 0 Å². The molecule has 2 aliphatic heterocycles. The van der Waals surface area contributed by atoms with Crippen molar-refractivity contribution < 1.29 is 9.59 Å².